The lowest BCUT2D eigenvalue weighted by atomic mass is 10.1. The molecule has 0 radical (unpaired) electrons. The number of halogens is 1. The summed E-state index contributed by atoms with van der Waals surface area (Å²) in [6.07, 6.45) is 0. The zero-order valence-corrected chi connectivity index (χ0v) is 17.1. The van der Waals surface area contributed by atoms with Crippen molar-refractivity contribution in [2.75, 3.05) is 38.2 Å². The lowest BCUT2D eigenvalue weighted by Gasteiger charge is -2.36. The van der Waals surface area contributed by atoms with E-state index in [0.717, 1.165) is 48.6 Å². The molecule has 1 saturated heterocycles. The first-order chi connectivity index (χ1) is 14.0. The Balaban J connectivity index is 1.55. The number of aromatic nitrogens is 1. The van der Waals surface area contributed by atoms with Crippen molar-refractivity contribution in [1.82, 2.24) is 9.47 Å². The summed E-state index contributed by atoms with van der Waals surface area (Å²) in [5, 5.41) is 0.692. The molecule has 1 aliphatic heterocycles. The topological polar surface area (TPSA) is 37.7 Å². The van der Waals surface area contributed by atoms with Crippen LogP contribution in [0.5, 0.6) is 5.75 Å². The Kier molecular flexibility index (Phi) is 5.28. The van der Waals surface area contributed by atoms with Crippen LogP contribution in [-0.2, 0) is 13.6 Å². The second kappa shape index (κ2) is 7.87. The average molecular weight is 395 g/mol. The van der Waals surface area contributed by atoms with Crippen LogP contribution in [-0.4, -0.2) is 42.8 Å². The molecule has 0 unspecified atom stereocenters. The molecule has 2 heterocycles. The van der Waals surface area contributed by atoms with Gasteiger partial charge in [-0.25, -0.2) is 4.39 Å². The number of rotatable bonds is 4. The highest BCUT2D eigenvalue weighted by atomic mass is 19.1. The van der Waals surface area contributed by atoms with Crippen LogP contribution < -0.4 is 15.1 Å². The third-order valence-electron chi connectivity index (χ3n) is 5.97. The summed E-state index contributed by atoms with van der Waals surface area (Å²) in [5.74, 6) is 0.476. The summed E-state index contributed by atoms with van der Waals surface area (Å²) in [4.78, 5) is 17.8. The molecule has 0 saturated carbocycles. The molecule has 1 fully saturated rings. The van der Waals surface area contributed by atoms with Crippen LogP contribution >= 0.6 is 0 Å². The molecule has 1 aromatic heterocycles. The summed E-state index contributed by atoms with van der Waals surface area (Å²) in [7, 11) is 3.61. The van der Waals surface area contributed by atoms with Crippen LogP contribution in [0.2, 0.25) is 0 Å². The first kappa shape index (κ1) is 19.5. The molecule has 3 aromatic rings. The van der Waals surface area contributed by atoms with Crippen molar-refractivity contribution in [3.63, 3.8) is 0 Å². The lowest BCUT2D eigenvalue weighted by Crippen LogP contribution is -2.46. The van der Waals surface area contributed by atoms with Gasteiger partial charge in [-0.2, -0.15) is 0 Å². The molecule has 0 spiro atoms. The van der Waals surface area contributed by atoms with Crippen LogP contribution in [0.4, 0.5) is 10.1 Å². The largest absolute Gasteiger partial charge is 0.497 e. The van der Waals surface area contributed by atoms with Crippen molar-refractivity contribution in [2.45, 2.75) is 13.5 Å². The SMILES string of the molecule is COc1ccc2c(c1)c(=O)c(CN1CCN(c3ccc(F)cc3)CC1)c(C)n2C. The van der Waals surface area contributed by atoms with Gasteiger partial charge in [0.1, 0.15) is 11.6 Å². The second-order valence-electron chi connectivity index (χ2n) is 7.57. The number of piperazine rings is 1. The maximum atomic E-state index is 13.2. The number of ether oxygens (including phenoxy) is 1. The molecule has 29 heavy (non-hydrogen) atoms. The first-order valence-electron chi connectivity index (χ1n) is 9.87. The van der Waals surface area contributed by atoms with Gasteiger partial charge in [0.25, 0.3) is 0 Å². The molecule has 0 amide bonds. The fourth-order valence-corrected chi connectivity index (χ4v) is 4.05. The van der Waals surface area contributed by atoms with Gasteiger partial charge in [0, 0.05) is 62.1 Å². The van der Waals surface area contributed by atoms with Gasteiger partial charge < -0.3 is 14.2 Å². The van der Waals surface area contributed by atoms with Crippen LogP contribution in [0.1, 0.15) is 11.3 Å². The molecule has 0 bridgehead atoms. The van der Waals surface area contributed by atoms with Crippen molar-refractivity contribution < 1.29 is 9.13 Å². The van der Waals surface area contributed by atoms with Gasteiger partial charge in [-0.15, -0.1) is 0 Å². The molecule has 152 valence electrons. The number of nitrogens with zero attached hydrogens (tertiary/aromatic N) is 3. The normalized spacial score (nSPS) is 15.1. The van der Waals surface area contributed by atoms with E-state index in [1.54, 1.807) is 7.11 Å². The van der Waals surface area contributed by atoms with E-state index in [0.29, 0.717) is 17.7 Å². The van der Waals surface area contributed by atoms with Crippen molar-refractivity contribution in [3.05, 3.63) is 69.8 Å². The molecule has 2 aromatic carbocycles. The summed E-state index contributed by atoms with van der Waals surface area (Å²) < 4.78 is 20.6. The molecule has 0 N–H and O–H groups in total. The first-order valence-corrected chi connectivity index (χ1v) is 9.87. The van der Waals surface area contributed by atoms with Crippen LogP contribution in [0.3, 0.4) is 0 Å². The Morgan fingerprint density at radius 3 is 2.38 bits per heavy atom. The monoisotopic (exact) mass is 395 g/mol. The molecule has 0 atom stereocenters. The van der Waals surface area contributed by atoms with Crippen LogP contribution in [0.25, 0.3) is 10.9 Å². The second-order valence-corrected chi connectivity index (χ2v) is 7.57. The highest BCUT2D eigenvalue weighted by Gasteiger charge is 2.21. The van der Waals surface area contributed by atoms with E-state index in [1.165, 1.54) is 12.1 Å². The van der Waals surface area contributed by atoms with E-state index < -0.39 is 0 Å². The Hall–Kier alpha value is -2.86. The number of aryl methyl sites for hydroxylation is 1. The van der Waals surface area contributed by atoms with Crippen LogP contribution in [0, 0.1) is 12.7 Å². The number of hydrogen-bond donors (Lipinski definition) is 0. The maximum absolute atomic E-state index is 13.2. The van der Waals surface area contributed by atoms with E-state index in [9.17, 15) is 9.18 Å². The Morgan fingerprint density at radius 2 is 1.72 bits per heavy atom. The molecule has 6 heteroatoms. The van der Waals surface area contributed by atoms with E-state index >= 15 is 0 Å². The number of methoxy groups -OCH3 is 1. The number of benzene rings is 2. The van der Waals surface area contributed by atoms with Gasteiger partial charge in [-0.05, 0) is 49.4 Å². The summed E-state index contributed by atoms with van der Waals surface area (Å²) >= 11 is 0. The Labute approximate surface area is 169 Å². The van der Waals surface area contributed by atoms with Gasteiger partial charge in [-0.3, -0.25) is 9.69 Å². The highest BCUT2D eigenvalue weighted by Crippen LogP contribution is 2.22. The third kappa shape index (κ3) is 3.72. The molecule has 5 nitrogen and oxygen atoms in total. The van der Waals surface area contributed by atoms with Gasteiger partial charge >= 0.3 is 0 Å². The number of hydrogen-bond acceptors (Lipinski definition) is 4. The molecular weight excluding hydrogens is 369 g/mol. The zero-order chi connectivity index (χ0) is 20.5. The maximum Gasteiger partial charge on any atom is 0.194 e. The quantitative estimate of drug-likeness (QED) is 0.679. The zero-order valence-electron chi connectivity index (χ0n) is 17.1. The predicted octanol–water partition coefficient (Wildman–Crippen LogP) is 3.32. The van der Waals surface area contributed by atoms with Gasteiger partial charge in [0.2, 0.25) is 0 Å². The van der Waals surface area contributed by atoms with Crippen LogP contribution in [0.15, 0.2) is 47.3 Å². The number of pyridine rings is 1. The lowest BCUT2D eigenvalue weighted by molar-refractivity contribution is 0.248. The molecule has 0 aliphatic carbocycles. The number of anilines is 1. The van der Waals surface area contributed by atoms with Gasteiger partial charge in [-0.1, -0.05) is 0 Å². The molecule has 4 rings (SSSR count). The van der Waals surface area contributed by atoms with E-state index in [4.69, 9.17) is 4.74 Å². The summed E-state index contributed by atoms with van der Waals surface area (Å²) in [6.45, 7) is 6.06. The van der Waals surface area contributed by atoms with Gasteiger partial charge in [0.05, 0.1) is 12.6 Å². The highest BCUT2D eigenvalue weighted by molar-refractivity contribution is 5.81. The third-order valence-corrected chi connectivity index (χ3v) is 5.97. The Bertz CT molecular complexity index is 1080. The summed E-state index contributed by atoms with van der Waals surface area (Å²) in [6, 6.07) is 12.3. The fourth-order valence-electron chi connectivity index (χ4n) is 4.05. The average Bonchev–Trinajstić information content (AvgIpc) is 2.76. The summed E-state index contributed by atoms with van der Waals surface area (Å²) in [5.41, 5.74) is 3.86. The van der Waals surface area contributed by atoms with E-state index in [-0.39, 0.29) is 11.2 Å². The van der Waals surface area contributed by atoms with Gasteiger partial charge in [0.15, 0.2) is 5.43 Å². The van der Waals surface area contributed by atoms with E-state index in [1.807, 2.05) is 44.3 Å². The molecular formula is C23H26FN3O2. The van der Waals surface area contributed by atoms with Crippen molar-refractivity contribution in [2.24, 2.45) is 7.05 Å². The minimum atomic E-state index is -0.216. The van der Waals surface area contributed by atoms with Crippen molar-refractivity contribution >= 4 is 16.6 Å². The minimum absolute atomic E-state index is 0.0791. The standard InChI is InChI=1S/C23H26FN3O2/c1-16-21(23(28)20-14-19(29-3)8-9-22(20)25(16)2)15-26-10-12-27(13-11-26)18-6-4-17(24)5-7-18/h4-9,14H,10-13,15H2,1-3H3. The Morgan fingerprint density at radius 1 is 1.03 bits per heavy atom. The number of fused-ring (bicyclic) bond motifs is 1. The molecule has 1 aliphatic rings. The minimum Gasteiger partial charge on any atom is -0.497 e. The van der Waals surface area contributed by atoms with Crippen molar-refractivity contribution in [1.29, 1.82) is 0 Å². The van der Waals surface area contributed by atoms with Crippen molar-refractivity contribution in [3.8, 4) is 5.75 Å². The smallest absolute Gasteiger partial charge is 0.194 e. The predicted molar refractivity (Wildman–Crippen MR) is 114 cm³/mol. The fraction of sp³-hybridized carbons (Fsp3) is 0.348. The van der Waals surface area contributed by atoms with E-state index in [2.05, 4.69) is 14.4 Å².